The lowest BCUT2D eigenvalue weighted by atomic mass is 9.96. The van der Waals surface area contributed by atoms with Crippen LogP contribution in [0.1, 0.15) is 43.6 Å². The van der Waals surface area contributed by atoms with Crippen molar-refractivity contribution in [2.24, 2.45) is 0 Å². The summed E-state index contributed by atoms with van der Waals surface area (Å²) in [5, 5.41) is 13.4. The summed E-state index contributed by atoms with van der Waals surface area (Å²) < 4.78 is 7.99. The fourth-order valence-corrected chi connectivity index (χ4v) is 4.95. The maximum Gasteiger partial charge on any atom is 0.204 e. The molecule has 1 aliphatic carbocycles. The van der Waals surface area contributed by atoms with Crippen LogP contribution in [0.4, 0.5) is 5.13 Å². The van der Waals surface area contributed by atoms with E-state index < -0.39 is 0 Å². The zero-order valence-corrected chi connectivity index (χ0v) is 17.5. The summed E-state index contributed by atoms with van der Waals surface area (Å²) in [5.74, 6) is 0.874. The topological polar surface area (TPSA) is 62.4 Å². The molecule has 1 N–H and O–H groups in total. The van der Waals surface area contributed by atoms with Crippen molar-refractivity contribution in [2.75, 3.05) is 31.5 Å². The van der Waals surface area contributed by atoms with Crippen LogP contribution < -0.4 is 5.32 Å². The van der Waals surface area contributed by atoms with Crippen LogP contribution in [0, 0.1) is 10.9 Å². The van der Waals surface area contributed by atoms with Crippen LogP contribution in [-0.4, -0.2) is 57.0 Å². The van der Waals surface area contributed by atoms with E-state index in [0.717, 1.165) is 59.9 Å². The predicted octanol–water partition coefficient (Wildman–Crippen LogP) is 3.49. The van der Waals surface area contributed by atoms with Crippen molar-refractivity contribution in [3.05, 3.63) is 21.5 Å². The summed E-state index contributed by atoms with van der Waals surface area (Å²) in [4.78, 5) is 4.84. The second-order valence-electron chi connectivity index (χ2n) is 7.62. The van der Waals surface area contributed by atoms with Gasteiger partial charge in [-0.2, -0.15) is 0 Å². The van der Waals surface area contributed by atoms with Gasteiger partial charge in [0.15, 0.2) is 3.95 Å². The normalized spacial score (nSPS) is 20.2. The highest BCUT2D eigenvalue weighted by Crippen LogP contribution is 2.23. The maximum atomic E-state index is 5.54. The van der Waals surface area contributed by atoms with Gasteiger partial charge in [-0.25, -0.2) is 4.68 Å². The molecule has 0 atom stereocenters. The van der Waals surface area contributed by atoms with E-state index in [4.69, 9.17) is 21.8 Å². The Morgan fingerprint density at radius 2 is 1.93 bits per heavy atom. The van der Waals surface area contributed by atoms with Crippen LogP contribution in [0.25, 0.3) is 0 Å². The number of rotatable bonds is 6. The molecule has 2 aromatic rings. The van der Waals surface area contributed by atoms with Gasteiger partial charge in [0.1, 0.15) is 5.76 Å². The Hall–Kier alpha value is -1.29. The Kier molecular flexibility index (Phi) is 6.21. The molecule has 0 radical (unpaired) electrons. The molecule has 3 heterocycles. The lowest BCUT2D eigenvalue weighted by molar-refractivity contribution is 0.0970. The number of piperazine rings is 1. The molecular formula is C18H28N6OS2. The third-order valence-corrected chi connectivity index (χ3v) is 6.64. The van der Waals surface area contributed by atoms with Gasteiger partial charge in [-0.05, 0) is 32.0 Å². The molecule has 27 heavy (non-hydrogen) atoms. The Morgan fingerprint density at radius 1 is 1.19 bits per heavy atom. The minimum Gasteiger partial charge on any atom is -0.361 e. The highest BCUT2D eigenvalue weighted by molar-refractivity contribution is 7.73. The molecule has 1 saturated carbocycles. The first-order valence-electron chi connectivity index (χ1n) is 9.87. The maximum absolute atomic E-state index is 5.54. The average molecular weight is 409 g/mol. The van der Waals surface area contributed by atoms with Crippen LogP contribution in [0.2, 0.25) is 0 Å². The first kappa shape index (κ1) is 19.0. The molecule has 2 fully saturated rings. The van der Waals surface area contributed by atoms with Crippen molar-refractivity contribution in [2.45, 2.75) is 58.3 Å². The van der Waals surface area contributed by atoms with E-state index in [2.05, 4.69) is 20.3 Å². The molecule has 0 unspecified atom stereocenters. The van der Waals surface area contributed by atoms with Crippen LogP contribution in [-0.2, 0) is 13.2 Å². The highest BCUT2D eigenvalue weighted by atomic mass is 32.1. The van der Waals surface area contributed by atoms with Gasteiger partial charge in [-0.3, -0.25) is 9.80 Å². The summed E-state index contributed by atoms with van der Waals surface area (Å²) >= 11 is 7.15. The molecule has 9 heteroatoms. The summed E-state index contributed by atoms with van der Waals surface area (Å²) in [6.07, 6.45) is 6.51. The number of nitrogens with one attached hydrogen (secondary N) is 1. The largest absolute Gasteiger partial charge is 0.361 e. The monoisotopic (exact) mass is 408 g/mol. The third-order valence-electron chi connectivity index (χ3n) is 5.40. The summed E-state index contributed by atoms with van der Waals surface area (Å²) in [7, 11) is 0. The van der Waals surface area contributed by atoms with Crippen molar-refractivity contribution < 1.29 is 4.52 Å². The first-order valence-corrected chi connectivity index (χ1v) is 11.1. The summed E-state index contributed by atoms with van der Waals surface area (Å²) in [5.41, 5.74) is 1.01. The van der Waals surface area contributed by atoms with E-state index >= 15 is 0 Å². The smallest absolute Gasteiger partial charge is 0.204 e. The molecule has 2 aromatic heterocycles. The number of nitrogens with zero attached hydrogens (tertiary/aromatic N) is 5. The second-order valence-corrected chi connectivity index (χ2v) is 9.24. The van der Waals surface area contributed by atoms with E-state index in [9.17, 15) is 0 Å². The molecule has 0 bridgehead atoms. The number of anilines is 1. The zero-order valence-electron chi connectivity index (χ0n) is 15.9. The molecule has 7 nitrogen and oxygen atoms in total. The van der Waals surface area contributed by atoms with Gasteiger partial charge in [-0.15, -0.1) is 5.10 Å². The van der Waals surface area contributed by atoms with E-state index in [1.165, 1.54) is 32.1 Å². The van der Waals surface area contributed by atoms with Gasteiger partial charge in [-0.1, -0.05) is 35.8 Å². The van der Waals surface area contributed by atoms with Crippen LogP contribution in [0.3, 0.4) is 0 Å². The minimum absolute atomic E-state index is 0.566. The number of hydrogen-bond acceptors (Lipinski definition) is 8. The zero-order chi connectivity index (χ0) is 18.6. The Bertz CT molecular complexity index is 786. The number of hydrogen-bond donors (Lipinski definition) is 1. The SMILES string of the molecule is Cc1cc(CN2CCN(Cn3nc(NC4CCCCC4)sc3=S)CC2)no1. The van der Waals surface area contributed by atoms with E-state index in [1.54, 1.807) is 11.3 Å². The summed E-state index contributed by atoms with van der Waals surface area (Å²) in [6.45, 7) is 7.65. The highest BCUT2D eigenvalue weighted by Gasteiger charge is 2.20. The van der Waals surface area contributed by atoms with Crippen molar-refractivity contribution in [1.82, 2.24) is 24.7 Å². The minimum atomic E-state index is 0.566. The molecule has 0 aromatic carbocycles. The Labute approximate surface area is 169 Å². The summed E-state index contributed by atoms with van der Waals surface area (Å²) in [6, 6.07) is 2.58. The predicted molar refractivity (Wildman–Crippen MR) is 110 cm³/mol. The van der Waals surface area contributed by atoms with Crippen LogP contribution in [0.5, 0.6) is 0 Å². The van der Waals surface area contributed by atoms with Crippen molar-refractivity contribution in [3.63, 3.8) is 0 Å². The van der Waals surface area contributed by atoms with E-state index in [0.29, 0.717) is 6.04 Å². The molecule has 148 valence electrons. The van der Waals surface area contributed by atoms with Gasteiger partial charge >= 0.3 is 0 Å². The molecule has 0 spiro atoms. The number of aryl methyl sites for hydroxylation is 1. The Morgan fingerprint density at radius 3 is 2.63 bits per heavy atom. The fraction of sp³-hybridized carbons (Fsp3) is 0.722. The van der Waals surface area contributed by atoms with Gasteiger partial charge < -0.3 is 9.84 Å². The van der Waals surface area contributed by atoms with Crippen LogP contribution in [0.15, 0.2) is 10.6 Å². The molecule has 0 amide bonds. The second kappa shape index (κ2) is 8.81. The average Bonchev–Trinajstić information content (AvgIpc) is 3.23. The van der Waals surface area contributed by atoms with Crippen LogP contribution >= 0.6 is 23.6 Å². The quantitative estimate of drug-likeness (QED) is 0.734. The molecule has 2 aliphatic rings. The molecule has 1 saturated heterocycles. The van der Waals surface area contributed by atoms with Gasteiger partial charge in [0, 0.05) is 44.8 Å². The van der Waals surface area contributed by atoms with Gasteiger partial charge in [0.25, 0.3) is 0 Å². The van der Waals surface area contributed by atoms with Gasteiger partial charge in [0.05, 0.1) is 12.4 Å². The third kappa shape index (κ3) is 5.16. The van der Waals surface area contributed by atoms with Gasteiger partial charge in [0.2, 0.25) is 5.13 Å². The standard InChI is InChI=1S/C18H28N6OS2/c1-14-11-16(21-25-14)12-22-7-9-23(10-8-22)13-24-18(26)27-17(20-24)19-15-5-3-2-4-6-15/h11,15H,2-10,12-13H2,1H3,(H,19,20). The van der Waals surface area contributed by atoms with Crippen molar-refractivity contribution in [1.29, 1.82) is 0 Å². The molecular weight excluding hydrogens is 380 g/mol. The number of aromatic nitrogens is 3. The molecule has 4 rings (SSSR count). The van der Waals surface area contributed by atoms with E-state index in [1.807, 2.05) is 17.7 Å². The van der Waals surface area contributed by atoms with Crippen molar-refractivity contribution >= 4 is 28.7 Å². The van der Waals surface area contributed by atoms with Crippen molar-refractivity contribution in [3.8, 4) is 0 Å². The fourth-order valence-electron chi connectivity index (χ4n) is 3.88. The first-order chi connectivity index (χ1) is 13.2. The molecule has 1 aliphatic heterocycles. The lowest BCUT2D eigenvalue weighted by Crippen LogP contribution is -2.46. The lowest BCUT2D eigenvalue weighted by Gasteiger charge is -2.33. The van der Waals surface area contributed by atoms with E-state index in [-0.39, 0.29) is 0 Å². The Balaban J connectivity index is 1.26.